The average Bonchev–Trinajstić information content (AvgIpc) is 2.64. The molecule has 1 heterocycles. The van der Waals surface area contributed by atoms with Crippen LogP contribution in [0.2, 0.25) is 5.02 Å². The third kappa shape index (κ3) is 4.95. The highest BCUT2D eigenvalue weighted by atomic mass is 35.5. The minimum Gasteiger partial charge on any atom is -0.497 e. The van der Waals surface area contributed by atoms with Crippen LogP contribution in [0.15, 0.2) is 48.5 Å². The van der Waals surface area contributed by atoms with E-state index in [2.05, 4.69) is 21.9 Å². The van der Waals surface area contributed by atoms with E-state index < -0.39 is 6.10 Å². The van der Waals surface area contributed by atoms with E-state index in [0.29, 0.717) is 11.6 Å². The summed E-state index contributed by atoms with van der Waals surface area (Å²) >= 11 is 6.18. The molecule has 0 spiro atoms. The highest BCUT2D eigenvalue weighted by molar-refractivity contribution is 6.31. The summed E-state index contributed by atoms with van der Waals surface area (Å²) in [6.07, 6.45) is -0.540. The monoisotopic (exact) mass is 360 g/mol. The van der Waals surface area contributed by atoms with Gasteiger partial charge in [0.25, 0.3) is 0 Å². The van der Waals surface area contributed by atoms with Crippen molar-refractivity contribution in [2.45, 2.75) is 12.6 Å². The van der Waals surface area contributed by atoms with E-state index in [4.69, 9.17) is 16.3 Å². The number of halogens is 1. The van der Waals surface area contributed by atoms with Gasteiger partial charge in [-0.15, -0.1) is 0 Å². The maximum Gasteiger partial charge on any atom is 0.118 e. The van der Waals surface area contributed by atoms with Crippen molar-refractivity contribution in [2.24, 2.45) is 0 Å². The van der Waals surface area contributed by atoms with E-state index >= 15 is 0 Å². The van der Waals surface area contributed by atoms with Gasteiger partial charge in [-0.2, -0.15) is 0 Å². The normalized spacial score (nSPS) is 17.4. The molecule has 3 rings (SSSR count). The van der Waals surface area contributed by atoms with Crippen molar-refractivity contribution in [1.82, 2.24) is 9.80 Å². The Balaban J connectivity index is 1.47. The minimum atomic E-state index is -0.540. The molecule has 0 bridgehead atoms. The fourth-order valence-corrected chi connectivity index (χ4v) is 3.47. The molecule has 1 fully saturated rings. The molecule has 25 heavy (non-hydrogen) atoms. The summed E-state index contributed by atoms with van der Waals surface area (Å²) in [5.74, 6) is 0.891. The third-order valence-corrected chi connectivity index (χ3v) is 5.07. The summed E-state index contributed by atoms with van der Waals surface area (Å²) in [7, 11) is 1.69. The number of benzene rings is 2. The van der Waals surface area contributed by atoms with E-state index in [9.17, 15) is 5.11 Å². The lowest BCUT2D eigenvalue weighted by molar-refractivity contribution is 0.0701. The first-order valence-electron chi connectivity index (χ1n) is 8.66. The molecule has 5 heteroatoms. The van der Waals surface area contributed by atoms with Gasteiger partial charge in [0.1, 0.15) is 5.75 Å². The summed E-state index contributed by atoms with van der Waals surface area (Å²) in [5.41, 5.74) is 2.11. The largest absolute Gasteiger partial charge is 0.497 e. The molecule has 1 aliphatic heterocycles. The van der Waals surface area contributed by atoms with Crippen LogP contribution in [0.1, 0.15) is 17.2 Å². The number of ether oxygens (including phenoxy) is 1. The Labute approximate surface area is 154 Å². The highest BCUT2D eigenvalue weighted by Gasteiger charge is 2.21. The average molecular weight is 361 g/mol. The van der Waals surface area contributed by atoms with E-state index in [1.165, 1.54) is 5.56 Å². The molecule has 0 aromatic heterocycles. The minimum absolute atomic E-state index is 0.540. The Morgan fingerprint density at radius 2 is 1.64 bits per heavy atom. The van der Waals surface area contributed by atoms with Crippen LogP contribution in [0.25, 0.3) is 0 Å². The first-order chi connectivity index (χ1) is 12.2. The summed E-state index contributed by atoms with van der Waals surface area (Å²) in [5, 5.41) is 11.1. The number of β-amino-alcohol motifs (C(OH)–C–C–N with tert-alkyl or cyclic N) is 1. The summed E-state index contributed by atoms with van der Waals surface area (Å²) in [4.78, 5) is 4.75. The third-order valence-electron chi connectivity index (χ3n) is 4.73. The van der Waals surface area contributed by atoms with E-state index in [0.717, 1.165) is 44.0 Å². The van der Waals surface area contributed by atoms with Crippen LogP contribution in [0, 0.1) is 0 Å². The second-order valence-corrected chi connectivity index (χ2v) is 6.87. The second-order valence-electron chi connectivity index (χ2n) is 6.46. The van der Waals surface area contributed by atoms with Crippen molar-refractivity contribution in [3.8, 4) is 5.75 Å². The number of methoxy groups -OCH3 is 1. The van der Waals surface area contributed by atoms with Gasteiger partial charge in [0, 0.05) is 49.9 Å². The zero-order valence-corrected chi connectivity index (χ0v) is 15.3. The van der Waals surface area contributed by atoms with Gasteiger partial charge in [-0.05, 0) is 23.8 Å². The van der Waals surface area contributed by atoms with Crippen molar-refractivity contribution in [2.75, 3.05) is 39.8 Å². The van der Waals surface area contributed by atoms with Crippen LogP contribution in [0.4, 0.5) is 0 Å². The predicted molar refractivity (Wildman–Crippen MR) is 101 cm³/mol. The van der Waals surface area contributed by atoms with Crippen molar-refractivity contribution < 1.29 is 9.84 Å². The van der Waals surface area contributed by atoms with Gasteiger partial charge in [-0.1, -0.05) is 41.9 Å². The molecule has 1 aliphatic rings. The zero-order chi connectivity index (χ0) is 17.6. The quantitative estimate of drug-likeness (QED) is 0.858. The second kappa shape index (κ2) is 8.68. The number of hydrogen-bond acceptors (Lipinski definition) is 4. The topological polar surface area (TPSA) is 35.9 Å². The van der Waals surface area contributed by atoms with E-state index in [-0.39, 0.29) is 0 Å². The molecule has 0 radical (unpaired) electrons. The van der Waals surface area contributed by atoms with Crippen molar-refractivity contribution >= 4 is 11.6 Å². The molecule has 0 aliphatic carbocycles. The van der Waals surface area contributed by atoms with Gasteiger partial charge in [0.05, 0.1) is 13.2 Å². The Kier molecular flexibility index (Phi) is 6.32. The number of rotatable bonds is 6. The van der Waals surface area contributed by atoms with Crippen LogP contribution in [-0.4, -0.2) is 54.7 Å². The summed E-state index contributed by atoms with van der Waals surface area (Å²) in [6.45, 7) is 5.49. The Hall–Kier alpha value is -1.59. The lowest BCUT2D eigenvalue weighted by Crippen LogP contribution is -2.47. The van der Waals surface area contributed by atoms with Crippen molar-refractivity contribution in [3.63, 3.8) is 0 Å². The first-order valence-corrected chi connectivity index (χ1v) is 9.03. The molecule has 2 aromatic carbocycles. The number of piperazine rings is 1. The van der Waals surface area contributed by atoms with Gasteiger partial charge in [-0.25, -0.2) is 0 Å². The molecular weight excluding hydrogens is 336 g/mol. The number of hydrogen-bond donors (Lipinski definition) is 1. The maximum atomic E-state index is 10.5. The molecule has 0 saturated carbocycles. The summed E-state index contributed by atoms with van der Waals surface area (Å²) in [6, 6.07) is 15.8. The van der Waals surface area contributed by atoms with Crippen molar-refractivity contribution in [3.05, 3.63) is 64.7 Å². The first kappa shape index (κ1) is 18.2. The molecule has 134 valence electrons. The zero-order valence-electron chi connectivity index (χ0n) is 14.6. The van der Waals surface area contributed by atoms with Gasteiger partial charge in [0.15, 0.2) is 0 Å². The molecule has 1 unspecified atom stereocenters. The molecular formula is C20H25ClN2O2. The van der Waals surface area contributed by atoms with Crippen molar-refractivity contribution in [1.29, 1.82) is 0 Å². The van der Waals surface area contributed by atoms with Gasteiger partial charge in [0.2, 0.25) is 0 Å². The fraction of sp³-hybridized carbons (Fsp3) is 0.400. The van der Waals surface area contributed by atoms with Gasteiger partial charge in [-0.3, -0.25) is 9.80 Å². The SMILES string of the molecule is COc1ccc(CN2CCN(CC(O)c3ccccc3Cl)CC2)cc1. The lowest BCUT2D eigenvalue weighted by atomic mass is 10.1. The van der Waals surface area contributed by atoms with Crippen LogP contribution in [0.5, 0.6) is 5.75 Å². The number of nitrogens with zero attached hydrogens (tertiary/aromatic N) is 2. The van der Waals surface area contributed by atoms with Crippen LogP contribution in [-0.2, 0) is 6.54 Å². The molecule has 0 amide bonds. The molecule has 4 nitrogen and oxygen atoms in total. The lowest BCUT2D eigenvalue weighted by Gasteiger charge is -2.35. The van der Waals surface area contributed by atoms with Gasteiger partial charge >= 0.3 is 0 Å². The van der Waals surface area contributed by atoms with Crippen LogP contribution < -0.4 is 4.74 Å². The number of aliphatic hydroxyl groups is 1. The molecule has 1 N–H and O–H groups in total. The standard InChI is InChI=1S/C20H25ClN2O2/c1-25-17-8-6-16(7-9-17)14-22-10-12-23(13-11-22)15-20(24)18-4-2-3-5-19(18)21/h2-9,20,24H,10-15H2,1H3. The summed E-state index contributed by atoms with van der Waals surface area (Å²) < 4.78 is 5.20. The predicted octanol–water partition coefficient (Wildman–Crippen LogP) is 3.20. The van der Waals surface area contributed by atoms with Crippen LogP contribution >= 0.6 is 11.6 Å². The Bertz CT molecular complexity index is 670. The van der Waals surface area contributed by atoms with Crippen LogP contribution in [0.3, 0.4) is 0 Å². The fourth-order valence-electron chi connectivity index (χ4n) is 3.21. The van der Waals surface area contributed by atoms with Gasteiger partial charge < -0.3 is 9.84 Å². The highest BCUT2D eigenvalue weighted by Crippen LogP contribution is 2.23. The molecule has 1 saturated heterocycles. The Morgan fingerprint density at radius 3 is 2.28 bits per heavy atom. The molecule has 1 atom stereocenters. The Morgan fingerprint density at radius 1 is 1.00 bits per heavy atom. The maximum absolute atomic E-state index is 10.5. The smallest absolute Gasteiger partial charge is 0.118 e. The van der Waals surface area contributed by atoms with E-state index in [1.54, 1.807) is 7.11 Å². The number of aliphatic hydroxyl groups excluding tert-OH is 1. The van der Waals surface area contributed by atoms with E-state index in [1.807, 2.05) is 36.4 Å². The molecule has 2 aromatic rings.